The molecule has 3 N–H and O–H groups in total. The number of urea groups is 1. The zero-order valence-corrected chi connectivity index (χ0v) is 16.4. The summed E-state index contributed by atoms with van der Waals surface area (Å²) in [4.78, 5) is 27.3. The fourth-order valence-electron chi connectivity index (χ4n) is 2.11. The summed E-state index contributed by atoms with van der Waals surface area (Å²) < 4.78 is 5.06. The molecule has 5 atom stereocenters. The molecule has 1 aliphatic rings. The van der Waals surface area contributed by atoms with Crippen molar-refractivity contribution in [2.75, 3.05) is 13.7 Å². The Morgan fingerprint density at radius 1 is 1.71 bits per heavy atom. The summed E-state index contributed by atoms with van der Waals surface area (Å²) in [5.74, 6) is 0. The molecule has 1 aliphatic heterocycles. The number of amides is 2. The first-order chi connectivity index (χ1) is 11.4. The minimum absolute atomic E-state index is 0.0539. The van der Waals surface area contributed by atoms with Gasteiger partial charge in [0, 0.05) is 30.2 Å². The minimum atomic E-state index is -0.943. The molecule has 2 unspecified atom stereocenters. The monoisotopic (exact) mass is 517 g/mol. The Labute approximate surface area is 160 Å². The smallest absolute Gasteiger partial charge is 0.323 e. The van der Waals surface area contributed by atoms with Crippen LogP contribution < -0.4 is 5.32 Å². The average Bonchev–Trinajstić information content (AvgIpc) is 2.94. The molecule has 0 aromatic carbocycles. The summed E-state index contributed by atoms with van der Waals surface area (Å²) in [6.45, 7) is -0.401. The van der Waals surface area contributed by atoms with Crippen LogP contribution in [0.1, 0.15) is 6.42 Å². The number of hydrogen-bond donors (Lipinski definition) is 3. The number of carbonyl (C=O) groups is 2. The summed E-state index contributed by atoms with van der Waals surface area (Å²) >= 11 is 5.17. The van der Waals surface area contributed by atoms with Crippen LogP contribution >= 0.6 is 38.5 Å². The third kappa shape index (κ3) is 5.29. The van der Waals surface area contributed by atoms with Crippen molar-refractivity contribution in [1.29, 1.82) is 0 Å². The van der Waals surface area contributed by atoms with Crippen LogP contribution in [-0.4, -0.2) is 68.4 Å². The fourth-order valence-corrected chi connectivity index (χ4v) is 3.08. The normalized spacial score (nSPS) is 26.2. The summed E-state index contributed by atoms with van der Waals surface area (Å²) in [6.07, 6.45) is -0.873. The number of azide groups is 1. The van der Waals surface area contributed by atoms with Crippen molar-refractivity contribution in [3.8, 4) is 0 Å². The van der Waals surface area contributed by atoms with E-state index in [0.29, 0.717) is 6.29 Å². The zero-order chi connectivity index (χ0) is 18.3. The predicted octanol–water partition coefficient (Wildman–Crippen LogP) is 1.01. The number of rotatable bonds is 7. The molecule has 12 heteroatoms. The van der Waals surface area contributed by atoms with Crippen molar-refractivity contribution in [3.05, 3.63) is 22.2 Å². The molecule has 1 saturated heterocycles. The first-order valence-corrected chi connectivity index (χ1v) is 8.99. The lowest BCUT2D eigenvalue weighted by atomic mass is 10.1. The van der Waals surface area contributed by atoms with Crippen LogP contribution in [0.3, 0.4) is 0 Å². The number of hydrogen-bond acceptors (Lipinski definition) is 6. The second-order valence-electron chi connectivity index (χ2n) is 4.81. The largest absolute Gasteiger partial charge is 0.394 e. The highest BCUT2D eigenvalue weighted by molar-refractivity contribution is 14.1. The Bertz CT molecular complexity index is 542. The van der Waals surface area contributed by atoms with E-state index in [1.54, 1.807) is 0 Å². The lowest BCUT2D eigenvalue weighted by Gasteiger charge is -2.26. The van der Waals surface area contributed by atoms with Crippen LogP contribution in [0.2, 0.25) is 0 Å². The summed E-state index contributed by atoms with van der Waals surface area (Å²) in [5, 5.41) is 24.9. The van der Waals surface area contributed by atoms with E-state index in [-0.39, 0.29) is 14.8 Å². The minimum Gasteiger partial charge on any atom is -0.394 e. The van der Waals surface area contributed by atoms with Crippen molar-refractivity contribution >= 4 is 50.8 Å². The maximum absolute atomic E-state index is 12.1. The van der Waals surface area contributed by atoms with E-state index < -0.39 is 37.1 Å². The van der Waals surface area contributed by atoms with E-state index in [9.17, 15) is 14.7 Å². The number of aliphatic hydroxyl groups excluding tert-OH is 2. The molecule has 0 aromatic heterocycles. The molecule has 2 amide bonds. The van der Waals surface area contributed by atoms with Gasteiger partial charge < -0.3 is 20.3 Å². The molecule has 10 nitrogen and oxygen atoms in total. The van der Waals surface area contributed by atoms with Crippen molar-refractivity contribution in [3.63, 3.8) is 0 Å². The van der Waals surface area contributed by atoms with Crippen LogP contribution in [-0.2, 0) is 9.53 Å². The van der Waals surface area contributed by atoms with Crippen molar-refractivity contribution in [2.45, 2.75) is 33.7 Å². The van der Waals surface area contributed by atoms with E-state index >= 15 is 0 Å². The highest BCUT2D eigenvalue weighted by Gasteiger charge is 2.38. The van der Waals surface area contributed by atoms with E-state index in [2.05, 4.69) is 31.3 Å². The van der Waals surface area contributed by atoms with Crippen LogP contribution in [0.15, 0.2) is 16.9 Å². The van der Waals surface area contributed by atoms with Crippen molar-refractivity contribution < 1.29 is 24.5 Å². The zero-order valence-electron chi connectivity index (χ0n) is 12.6. The average molecular weight is 518 g/mol. The van der Waals surface area contributed by atoms with Gasteiger partial charge >= 0.3 is 6.03 Å². The van der Waals surface area contributed by atoms with Gasteiger partial charge in [0.25, 0.3) is 0 Å². The van der Waals surface area contributed by atoms with Crippen molar-refractivity contribution in [1.82, 2.24) is 10.2 Å². The Morgan fingerprint density at radius 2 is 2.38 bits per heavy atom. The topological polar surface area (TPSA) is 148 Å². The van der Waals surface area contributed by atoms with E-state index in [1.807, 2.05) is 22.6 Å². The second kappa shape index (κ2) is 10.2. The predicted molar refractivity (Wildman–Crippen MR) is 96.5 cm³/mol. The molecule has 1 fully saturated rings. The molecule has 0 saturated carbocycles. The lowest BCUT2D eigenvalue weighted by molar-refractivity contribution is -0.105. The molecule has 0 bridgehead atoms. The molecular formula is C12H17BrIN5O5. The fraction of sp³-hybridized carbons (Fsp3) is 0.667. The highest BCUT2D eigenvalue weighted by atomic mass is 127. The van der Waals surface area contributed by atoms with E-state index in [0.717, 1.165) is 4.90 Å². The molecule has 0 aliphatic carbocycles. The van der Waals surface area contributed by atoms with Crippen LogP contribution in [0.25, 0.3) is 10.4 Å². The lowest BCUT2D eigenvalue weighted by Crippen LogP contribution is -2.42. The Morgan fingerprint density at radius 3 is 2.79 bits per heavy atom. The molecule has 134 valence electrons. The van der Waals surface area contributed by atoms with Crippen molar-refractivity contribution in [2.24, 2.45) is 5.11 Å². The molecule has 24 heavy (non-hydrogen) atoms. The van der Waals surface area contributed by atoms with Gasteiger partial charge in [0.15, 0.2) is 0 Å². The van der Waals surface area contributed by atoms with Gasteiger partial charge in [-0.25, -0.2) is 4.79 Å². The third-order valence-corrected chi connectivity index (χ3v) is 4.51. The Hall–Kier alpha value is -0.920. The number of halogens is 2. The molecule has 0 aromatic rings. The molecule has 0 radical (unpaired) electrons. The highest BCUT2D eigenvalue weighted by Crippen LogP contribution is 2.27. The summed E-state index contributed by atoms with van der Waals surface area (Å²) in [7, 11) is 1.40. The molecule has 1 rings (SSSR count). The van der Waals surface area contributed by atoms with Gasteiger partial charge in [-0.1, -0.05) is 43.6 Å². The number of nitrogens with one attached hydrogen (secondary N) is 1. The van der Waals surface area contributed by atoms with Gasteiger partial charge in [-0.15, -0.1) is 0 Å². The number of aliphatic hydroxyl groups is 2. The number of alkyl halides is 2. The molecule has 0 spiro atoms. The van der Waals surface area contributed by atoms with Crippen LogP contribution in [0, 0.1) is 0 Å². The number of nitrogens with zero attached hydrogens (tertiary/aromatic N) is 4. The quantitative estimate of drug-likeness (QED) is 0.0876. The summed E-state index contributed by atoms with van der Waals surface area (Å²) in [5.41, 5.74) is 8.70. The Balaban J connectivity index is 3.17. The summed E-state index contributed by atoms with van der Waals surface area (Å²) in [6, 6.07) is -1.43. The van der Waals surface area contributed by atoms with Gasteiger partial charge in [0.05, 0.1) is 21.6 Å². The maximum atomic E-state index is 12.1. The maximum Gasteiger partial charge on any atom is 0.323 e. The second-order valence-corrected chi connectivity index (χ2v) is 8.85. The van der Waals surface area contributed by atoms with Gasteiger partial charge in [0.1, 0.15) is 18.6 Å². The first kappa shape index (κ1) is 21.1. The van der Waals surface area contributed by atoms with Crippen LogP contribution in [0.4, 0.5) is 4.79 Å². The standard InChI is InChI=1S/C12H17BrIN5O5/c1-16-12(23)19(9-2-7(22)8(5-21)24-9)3-6(4-20)10(11(13)14)17-18-15/h3-4,7-11,21-22H,2,5H2,1H3,(H,16,23)/b6-3+/t7-,8+,9+,10?,11?/m0/s1. The number of aldehydes is 1. The van der Waals surface area contributed by atoms with Crippen LogP contribution in [0.5, 0.6) is 0 Å². The van der Waals surface area contributed by atoms with Gasteiger partial charge in [-0.2, -0.15) is 0 Å². The first-order valence-electron chi connectivity index (χ1n) is 6.83. The van der Waals surface area contributed by atoms with E-state index in [4.69, 9.17) is 15.4 Å². The van der Waals surface area contributed by atoms with E-state index in [1.165, 1.54) is 13.2 Å². The van der Waals surface area contributed by atoms with Gasteiger partial charge in [-0.3, -0.25) is 9.69 Å². The van der Waals surface area contributed by atoms with Gasteiger partial charge in [-0.05, 0) is 5.53 Å². The molecule has 1 heterocycles. The number of ether oxygens (including phenoxy) is 1. The van der Waals surface area contributed by atoms with Gasteiger partial charge in [0.2, 0.25) is 0 Å². The molecular weight excluding hydrogens is 501 g/mol. The Kier molecular flexibility index (Phi) is 8.94. The number of carbonyl (C=O) groups excluding carboxylic acids is 2. The SMILES string of the molecule is CNC(=O)N(/C=C(\C=O)C(N=[N+]=[N-])C(Br)I)[C@H]1C[C@H](O)[C@@H](CO)O1. The third-order valence-electron chi connectivity index (χ3n) is 3.32.